The molecular formula is C38H21N3OS. The van der Waals surface area contributed by atoms with Gasteiger partial charge in [0.15, 0.2) is 11.6 Å². The van der Waals surface area contributed by atoms with Crippen molar-refractivity contribution in [1.82, 2.24) is 14.5 Å². The Morgan fingerprint density at radius 3 is 2.02 bits per heavy atom. The van der Waals surface area contributed by atoms with Gasteiger partial charge in [-0.3, -0.25) is 4.57 Å². The highest BCUT2D eigenvalue weighted by molar-refractivity contribution is 7.27. The van der Waals surface area contributed by atoms with Gasteiger partial charge in [-0.25, -0.2) is 4.98 Å². The van der Waals surface area contributed by atoms with Crippen LogP contribution >= 0.6 is 11.3 Å². The topological polar surface area (TPSA) is 43.9 Å². The summed E-state index contributed by atoms with van der Waals surface area (Å²) in [7, 11) is 0. The minimum Gasteiger partial charge on any atom is -0.437 e. The zero-order valence-electron chi connectivity index (χ0n) is 22.8. The van der Waals surface area contributed by atoms with E-state index in [1.807, 2.05) is 41.7 Å². The second-order valence-electron chi connectivity index (χ2n) is 10.9. The molecule has 0 unspecified atom stereocenters. The van der Waals surface area contributed by atoms with Crippen LogP contribution in [0, 0.1) is 0 Å². The monoisotopic (exact) mass is 567 g/mol. The zero-order chi connectivity index (χ0) is 28.1. The summed E-state index contributed by atoms with van der Waals surface area (Å²) in [5, 5.41) is 9.46. The van der Waals surface area contributed by atoms with E-state index in [2.05, 4.69) is 102 Å². The lowest BCUT2D eigenvalue weighted by atomic mass is 9.99. The Morgan fingerprint density at radius 2 is 1.19 bits per heavy atom. The number of aromatic nitrogens is 3. The van der Waals surface area contributed by atoms with Gasteiger partial charge in [0.2, 0.25) is 5.71 Å². The molecule has 200 valence electrons. The molecule has 10 rings (SSSR count). The number of hydrogen-bond acceptors (Lipinski definition) is 4. The lowest BCUT2D eigenvalue weighted by Gasteiger charge is -2.12. The number of benzene rings is 6. The molecule has 0 N–H and O–H groups in total. The molecule has 0 spiro atoms. The van der Waals surface area contributed by atoms with E-state index in [0.717, 1.165) is 33.3 Å². The first kappa shape index (κ1) is 23.1. The minimum absolute atomic E-state index is 0.587. The third-order valence-electron chi connectivity index (χ3n) is 8.61. The van der Waals surface area contributed by atoms with Crippen molar-refractivity contribution >= 4 is 86.2 Å². The van der Waals surface area contributed by atoms with Gasteiger partial charge in [-0.1, -0.05) is 109 Å². The lowest BCUT2D eigenvalue weighted by molar-refractivity contribution is 0.653. The molecular weight excluding hydrogens is 547 g/mol. The summed E-state index contributed by atoms with van der Waals surface area (Å²) in [5.74, 6) is 1.47. The van der Waals surface area contributed by atoms with Gasteiger partial charge in [-0.2, -0.15) is 4.98 Å². The van der Waals surface area contributed by atoms with Gasteiger partial charge in [0, 0.05) is 37.2 Å². The smallest absolute Gasteiger partial charge is 0.233 e. The van der Waals surface area contributed by atoms with Gasteiger partial charge in [0.25, 0.3) is 0 Å². The number of fused-ring (bicyclic) bond motifs is 13. The summed E-state index contributed by atoms with van der Waals surface area (Å²) in [4.78, 5) is 10.3. The summed E-state index contributed by atoms with van der Waals surface area (Å²) >= 11 is 1.85. The van der Waals surface area contributed by atoms with Gasteiger partial charge in [-0.15, -0.1) is 11.3 Å². The summed E-state index contributed by atoms with van der Waals surface area (Å²) in [5.41, 5.74) is 4.61. The molecule has 10 aromatic rings. The lowest BCUT2D eigenvalue weighted by Crippen LogP contribution is -2.02. The van der Waals surface area contributed by atoms with Crippen LogP contribution in [0.2, 0.25) is 0 Å². The highest BCUT2D eigenvalue weighted by Crippen LogP contribution is 2.48. The van der Waals surface area contributed by atoms with Gasteiger partial charge in [0.05, 0.1) is 21.1 Å². The van der Waals surface area contributed by atoms with Crippen molar-refractivity contribution in [3.05, 3.63) is 127 Å². The van der Waals surface area contributed by atoms with Crippen molar-refractivity contribution in [3.8, 4) is 17.2 Å². The molecule has 0 radical (unpaired) electrons. The first-order valence-corrected chi connectivity index (χ1v) is 15.2. The molecule has 0 fully saturated rings. The van der Waals surface area contributed by atoms with Gasteiger partial charge < -0.3 is 4.42 Å². The van der Waals surface area contributed by atoms with E-state index in [1.165, 1.54) is 47.2 Å². The third kappa shape index (κ3) is 3.09. The fraction of sp³-hybridized carbons (Fsp3) is 0. The number of para-hydroxylation sites is 2. The fourth-order valence-corrected chi connectivity index (χ4v) is 8.09. The maximum atomic E-state index is 6.42. The fourth-order valence-electron chi connectivity index (χ4n) is 6.83. The van der Waals surface area contributed by atoms with Crippen molar-refractivity contribution in [2.24, 2.45) is 0 Å². The Morgan fingerprint density at radius 1 is 0.535 bits per heavy atom. The molecule has 0 saturated heterocycles. The summed E-state index contributed by atoms with van der Waals surface area (Å²) in [6, 6.07) is 44.6. The van der Waals surface area contributed by atoms with E-state index < -0.39 is 0 Å². The van der Waals surface area contributed by atoms with Crippen LogP contribution in [0.1, 0.15) is 0 Å². The van der Waals surface area contributed by atoms with Crippen LogP contribution in [0.25, 0.3) is 92.0 Å². The van der Waals surface area contributed by atoms with E-state index in [0.29, 0.717) is 11.5 Å². The largest absolute Gasteiger partial charge is 0.437 e. The number of hydrogen-bond donors (Lipinski definition) is 0. The van der Waals surface area contributed by atoms with Crippen molar-refractivity contribution in [2.45, 2.75) is 0 Å². The average Bonchev–Trinajstić information content (AvgIpc) is 3.75. The molecule has 4 nitrogen and oxygen atoms in total. The number of nitrogens with zero attached hydrogens (tertiary/aromatic N) is 3. The van der Waals surface area contributed by atoms with Gasteiger partial charge >= 0.3 is 0 Å². The van der Waals surface area contributed by atoms with Gasteiger partial charge in [0.1, 0.15) is 5.58 Å². The molecule has 6 aromatic carbocycles. The highest BCUT2D eigenvalue weighted by Gasteiger charge is 2.25. The second kappa shape index (κ2) is 8.51. The predicted molar refractivity (Wildman–Crippen MR) is 179 cm³/mol. The average molecular weight is 568 g/mol. The molecule has 4 heterocycles. The molecule has 4 aromatic heterocycles. The van der Waals surface area contributed by atoms with E-state index in [4.69, 9.17) is 14.4 Å². The first-order chi connectivity index (χ1) is 21.3. The molecule has 5 heteroatoms. The molecule has 0 amide bonds. The van der Waals surface area contributed by atoms with Crippen LogP contribution in [0.15, 0.2) is 132 Å². The van der Waals surface area contributed by atoms with E-state index >= 15 is 0 Å². The standard InChI is InChI=1S/C38H21N3OS/c1-2-12-22(13-3-1)36-39-37(33-26-17-7-10-20-29(26)42-38(33)40-36)41-28-19-9-6-16-25(28)31-23-14-4-5-15-24(23)32-27-18-8-11-21-30(27)43-35(32)34(31)41/h1-21H. The Kier molecular flexibility index (Phi) is 4.57. The van der Waals surface area contributed by atoms with Crippen LogP contribution in [0.4, 0.5) is 0 Å². The van der Waals surface area contributed by atoms with Crippen molar-refractivity contribution in [2.75, 3.05) is 0 Å². The SMILES string of the molecule is c1ccc(-c2nc(-n3c4ccccc4c4c5ccccc5c5c6ccccc6sc5c43)c3c(n2)oc2ccccc23)cc1. The predicted octanol–water partition coefficient (Wildman–Crippen LogP) is 10.7. The Hall–Kier alpha value is -5.52. The Labute approximate surface area is 249 Å². The maximum Gasteiger partial charge on any atom is 0.233 e. The zero-order valence-corrected chi connectivity index (χ0v) is 23.6. The highest BCUT2D eigenvalue weighted by atomic mass is 32.1. The molecule has 0 aliphatic rings. The van der Waals surface area contributed by atoms with E-state index in [-0.39, 0.29) is 0 Å². The number of thiophene rings is 1. The van der Waals surface area contributed by atoms with Crippen LogP contribution < -0.4 is 0 Å². The van der Waals surface area contributed by atoms with Crippen LogP contribution in [-0.4, -0.2) is 14.5 Å². The van der Waals surface area contributed by atoms with E-state index in [1.54, 1.807) is 0 Å². The van der Waals surface area contributed by atoms with Crippen LogP contribution in [-0.2, 0) is 0 Å². The Bertz CT molecular complexity index is 2730. The number of rotatable bonds is 2. The third-order valence-corrected chi connectivity index (χ3v) is 9.79. The van der Waals surface area contributed by atoms with Crippen LogP contribution in [0.5, 0.6) is 0 Å². The van der Waals surface area contributed by atoms with Crippen LogP contribution in [0.3, 0.4) is 0 Å². The Balaban J connectivity index is 1.50. The molecule has 0 saturated carbocycles. The van der Waals surface area contributed by atoms with E-state index in [9.17, 15) is 0 Å². The quantitative estimate of drug-likeness (QED) is 0.209. The molecule has 0 aliphatic carbocycles. The molecule has 0 aliphatic heterocycles. The van der Waals surface area contributed by atoms with Gasteiger partial charge in [-0.05, 0) is 29.0 Å². The van der Waals surface area contributed by atoms with Crippen molar-refractivity contribution < 1.29 is 4.42 Å². The molecule has 0 bridgehead atoms. The normalized spacial score (nSPS) is 12.2. The maximum absolute atomic E-state index is 6.42. The van der Waals surface area contributed by atoms with Crippen molar-refractivity contribution in [1.29, 1.82) is 0 Å². The summed E-state index contributed by atoms with van der Waals surface area (Å²) in [6.07, 6.45) is 0. The molecule has 43 heavy (non-hydrogen) atoms. The number of furan rings is 1. The minimum atomic E-state index is 0.587. The summed E-state index contributed by atoms with van der Waals surface area (Å²) in [6.45, 7) is 0. The summed E-state index contributed by atoms with van der Waals surface area (Å²) < 4.78 is 11.3. The second-order valence-corrected chi connectivity index (χ2v) is 12.0. The van der Waals surface area contributed by atoms with Crippen molar-refractivity contribution in [3.63, 3.8) is 0 Å². The molecule has 0 atom stereocenters. The first-order valence-electron chi connectivity index (χ1n) is 14.4.